The normalized spacial score (nSPS) is 11.1. The molecule has 13 heavy (non-hydrogen) atoms. The minimum absolute atomic E-state index is 0.349. The summed E-state index contributed by atoms with van der Waals surface area (Å²) in [5.41, 5.74) is 0. The predicted octanol–water partition coefficient (Wildman–Crippen LogP) is 1.34. The van der Waals surface area contributed by atoms with E-state index in [0.29, 0.717) is 5.92 Å². The molecule has 0 saturated heterocycles. The highest BCUT2D eigenvalue weighted by atomic mass is 16.5. The van der Waals surface area contributed by atoms with E-state index in [1.54, 1.807) is 0 Å². The van der Waals surface area contributed by atoms with Crippen molar-refractivity contribution < 1.29 is 4.52 Å². The summed E-state index contributed by atoms with van der Waals surface area (Å²) in [5, 5.41) is 6.97. The van der Waals surface area contributed by atoms with E-state index in [-0.39, 0.29) is 0 Å². The monoisotopic (exact) mass is 183 g/mol. The van der Waals surface area contributed by atoms with E-state index >= 15 is 0 Å². The van der Waals surface area contributed by atoms with Crippen molar-refractivity contribution in [3.8, 4) is 0 Å². The van der Waals surface area contributed by atoms with Gasteiger partial charge in [0.1, 0.15) is 0 Å². The van der Waals surface area contributed by atoms with Crippen LogP contribution >= 0.6 is 0 Å². The molecule has 1 N–H and O–H groups in total. The minimum Gasteiger partial charge on any atom is -0.339 e. The van der Waals surface area contributed by atoms with Crippen molar-refractivity contribution >= 4 is 0 Å². The molecule has 0 fully saturated rings. The molecule has 1 rings (SSSR count). The molecule has 0 aromatic carbocycles. The molecule has 0 radical (unpaired) electrons. The van der Waals surface area contributed by atoms with Gasteiger partial charge in [0.25, 0.3) is 0 Å². The average molecular weight is 183 g/mol. The number of nitrogens with zero attached hydrogens (tertiary/aromatic N) is 2. The zero-order valence-corrected chi connectivity index (χ0v) is 8.50. The number of aryl methyl sites for hydroxylation is 1. The summed E-state index contributed by atoms with van der Waals surface area (Å²) in [4.78, 5) is 4.28. The summed E-state index contributed by atoms with van der Waals surface area (Å²) in [6.07, 6.45) is 1.90. The van der Waals surface area contributed by atoms with Crippen molar-refractivity contribution in [2.75, 3.05) is 13.6 Å². The Bertz CT molecular complexity index is 245. The lowest BCUT2D eigenvalue weighted by Crippen LogP contribution is -2.08. The molecule has 1 heterocycles. The molecule has 4 nitrogen and oxygen atoms in total. The third-order valence-electron chi connectivity index (χ3n) is 1.82. The Balaban J connectivity index is 2.40. The highest BCUT2D eigenvalue weighted by Crippen LogP contribution is 2.10. The van der Waals surface area contributed by atoms with E-state index < -0.39 is 0 Å². The fourth-order valence-electron chi connectivity index (χ4n) is 1.02. The maximum absolute atomic E-state index is 5.08. The Kier molecular flexibility index (Phi) is 3.89. The second kappa shape index (κ2) is 4.97. The first-order valence-corrected chi connectivity index (χ1v) is 4.71. The lowest BCUT2D eigenvalue weighted by molar-refractivity contribution is 0.368. The van der Waals surface area contributed by atoms with Gasteiger partial charge in [0.2, 0.25) is 5.89 Å². The van der Waals surface area contributed by atoms with Gasteiger partial charge in [-0.1, -0.05) is 19.0 Å². The molecule has 1 aromatic rings. The lowest BCUT2D eigenvalue weighted by atomic mass is 10.2. The maximum atomic E-state index is 5.08. The fraction of sp³-hybridized carbons (Fsp3) is 0.778. The summed E-state index contributed by atoms with van der Waals surface area (Å²) in [6.45, 7) is 5.10. The number of nitrogens with one attached hydrogen (secondary N) is 1. The Morgan fingerprint density at radius 2 is 2.23 bits per heavy atom. The predicted molar refractivity (Wildman–Crippen MR) is 50.6 cm³/mol. The van der Waals surface area contributed by atoms with Crippen LogP contribution in [0.2, 0.25) is 0 Å². The zero-order valence-electron chi connectivity index (χ0n) is 8.50. The van der Waals surface area contributed by atoms with Crippen molar-refractivity contribution in [1.82, 2.24) is 15.5 Å². The van der Waals surface area contributed by atoms with Gasteiger partial charge < -0.3 is 9.84 Å². The van der Waals surface area contributed by atoms with Gasteiger partial charge in [-0.05, 0) is 20.0 Å². The first-order chi connectivity index (χ1) is 6.24. The van der Waals surface area contributed by atoms with Gasteiger partial charge in [-0.3, -0.25) is 0 Å². The molecule has 0 bridgehead atoms. The zero-order chi connectivity index (χ0) is 9.68. The molecular formula is C9H17N3O. The Morgan fingerprint density at radius 1 is 1.46 bits per heavy atom. The van der Waals surface area contributed by atoms with E-state index in [1.807, 2.05) is 7.05 Å². The summed E-state index contributed by atoms with van der Waals surface area (Å²) in [7, 11) is 1.94. The largest absolute Gasteiger partial charge is 0.339 e. The van der Waals surface area contributed by atoms with Gasteiger partial charge in [0.05, 0.1) is 0 Å². The summed E-state index contributed by atoms with van der Waals surface area (Å²) < 4.78 is 5.08. The average Bonchev–Trinajstić information content (AvgIpc) is 2.53. The first kappa shape index (κ1) is 10.2. The van der Waals surface area contributed by atoms with Crippen LogP contribution in [-0.2, 0) is 6.42 Å². The van der Waals surface area contributed by atoms with Gasteiger partial charge in [-0.25, -0.2) is 0 Å². The lowest BCUT2D eigenvalue weighted by Gasteiger charge is -1.94. The molecule has 0 spiro atoms. The van der Waals surface area contributed by atoms with Crippen molar-refractivity contribution in [2.24, 2.45) is 0 Å². The third-order valence-corrected chi connectivity index (χ3v) is 1.82. The van der Waals surface area contributed by atoms with Crippen LogP contribution in [0.1, 0.15) is 37.9 Å². The van der Waals surface area contributed by atoms with Gasteiger partial charge in [0.15, 0.2) is 5.82 Å². The molecule has 0 saturated carbocycles. The van der Waals surface area contributed by atoms with E-state index in [1.165, 1.54) is 0 Å². The molecule has 0 atom stereocenters. The highest BCUT2D eigenvalue weighted by molar-refractivity contribution is 4.91. The van der Waals surface area contributed by atoms with Crippen LogP contribution in [0.5, 0.6) is 0 Å². The van der Waals surface area contributed by atoms with Crippen LogP contribution in [0, 0.1) is 0 Å². The van der Waals surface area contributed by atoms with E-state index in [9.17, 15) is 0 Å². The second-order valence-electron chi connectivity index (χ2n) is 3.41. The topological polar surface area (TPSA) is 51.0 Å². The van der Waals surface area contributed by atoms with Gasteiger partial charge in [0, 0.05) is 12.3 Å². The highest BCUT2D eigenvalue weighted by Gasteiger charge is 2.08. The Morgan fingerprint density at radius 3 is 2.77 bits per heavy atom. The molecule has 4 heteroatoms. The first-order valence-electron chi connectivity index (χ1n) is 4.71. The quantitative estimate of drug-likeness (QED) is 0.700. The van der Waals surface area contributed by atoms with Gasteiger partial charge in [-0.15, -0.1) is 0 Å². The summed E-state index contributed by atoms with van der Waals surface area (Å²) in [5.74, 6) is 1.90. The third kappa shape index (κ3) is 3.14. The minimum atomic E-state index is 0.349. The molecule has 0 unspecified atom stereocenters. The van der Waals surface area contributed by atoms with Gasteiger partial charge in [-0.2, -0.15) is 4.98 Å². The molecule has 0 aliphatic rings. The maximum Gasteiger partial charge on any atom is 0.226 e. The summed E-state index contributed by atoms with van der Waals surface area (Å²) in [6, 6.07) is 0. The summed E-state index contributed by atoms with van der Waals surface area (Å²) >= 11 is 0. The molecule has 0 aliphatic carbocycles. The number of hydrogen-bond acceptors (Lipinski definition) is 4. The van der Waals surface area contributed by atoms with E-state index in [4.69, 9.17) is 4.52 Å². The van der Waals surface area contributed by atoms with Crippen LogP contribution in [-0.4, -0.2) is 23.7 Å². The standard InChI is InChI=1S/C9H17N3O/c1-7(2)9-11-8(13-12-9)5-4-6-10-3/h7,10H,4-6H2,1-3H3. The smallest absolute Gasteiger partial charge is 0.226 e. The van der Waals surface area contributed by atoms with E-state index in [0.717, 1.165) is 31.1 Å². The number of aromatic nitrogens is 2. The van der Waals surface area contributed by atoms with Crippen LogP contribution in [0.15, 0.2) is 4.52 Å². The molecule has 1 aromatic heterocycles. The van der Waals surface area contributed by atoms with Crippen LogP contribution < -0.4 is 5.32 Å². The fourth-order valence-corrected chi connectivity index (χ4v) is 1.02. The molecule has 0 aliphatic heterocycles. The van der Waals surface area contributed by atoms with Crippen molar-refractivity contribution in [1.29, 1.82) is 0 Å². The van der Waals surface area contributed by atoms with Crippen LogP contribution in [0.4, 0.5) is 0 Å². The molecule has 0 amide bonds. The van der Waals surface area contributed by atoms with Crippen LogP contribution in [0.3, 0.4) is 0 Å². The van der Waals surface area contributed by atoms with Crippen molar-refractivity contribution in [3.05, 3.63) is 11.7 Å². The van der Waals surface area contributed by atoms with Crippen molar-refractivity contribution in [3.63, 3.8) is 0 Å². The molecule has 74 valence electrons. The number of rotatable bonds is 5. The SMILES string of the molecule is CNCCCc1nc(C(C)C)no1. The van der Waals surface area contributed by atoms with Crippen molar-refractivity contribution in [2.45, 2.75) is 32.6 Å². The Hall–Kier alpha value is -0.900. The number of hydrogen-bond donors (Lipinski definition) is 1. The van der Waals surface area contributed by atoms with Gasteiger partial charge >= 0.3 is 0 Å². The van der Waals surface area contributed by atoms with Crippen LogP contribution in [0.25, 0.3) is 0 Å². The molecular weight excluding hydrogens is 166 g/mol. The Labute approximate surface area is 78.7 Å². The van der Waals surface area contributed by atoms with E-state index in [2.05, 4.69) is 29.3 Å². The second-order valence-corrected chi connectivity index (χ2v) is 3.41.